The van der Waals surface area contributed by atoms with Gasteiger partial charge in [0.1, 0.15) is 39.3 Å². The number of hydrogen-bond acceptors (Lipinski definition) is 2. The summed E-state index contributed by atoms with van der Waals surface area (Å²) in [5.74, 6) is 0. The second-order valence-corrected chi connectivity index (χ2v) is 5.02. The van der Waals surface area contributed by atoms with Gasteiger partial charge in [-0.1, -0.05) is 0 Å². The Morgan fingerprint density at radius 3 is 1.15 bits per heavy atom. The molecule has 0 spiro atoms. The molecule has 0 bridgehead atoms. The van der Waals surface area contributed by atoms with Crippen molar-refractivity contribution in [2.45, 2.75) is 24.6 Å². The molecule has 1 saturated heterocycles. The second-order valence-electron chi connectivity index (χ2n) is 5.02. The van der Waals surface area contributed by atoms with Gasteiger partial charge >= 0.3 is 12.4 Å². The minimum Gasteiger partial charge on any atom is -0.379 e. The molecule has 0 aromatic carbocycles. The fourth-order valence-corrected chi connectivity index (χ4v) is 2.14. The van der Waals surface area contributed by atoms with Gasteiger partial charge in [0.05, 0.1) is 0 Å². The molecule has 0 aromatic heterocycles. The maximum Gasteiger partial charge on any atom is 0.419 e. The van der Waals surface area contributed by atoms with Crippen LogP contribution in [0.4, 0.5) is 26.3 Å². The zero-order chi connectivity index (χ0) is 15.6. The molecule has 0 saturated carbocycles. The molecule has 120 valence electrons. The molecule has 1 aliphatic heterocycles. The fraction of sp³-hybridized carbons (Fsp3) is 1.00. The average Bonchev–Trinajstić information content (AvgIpc) is 2.29. The molecular weight excluding hydrogens is 294 g/mol. The lowest BCUT2D eigenvalue weighted by atomic mass is 10.2. The molecule has 2 atom stereocenters. The third-order valence-corrected chi connectivity index (χ3v) is 3.38. The number of alkyl halides is 6. The molecule has 0 unspecified atom stereocenters. The van der Waals surface area contributed by atoms with E-state index in [1.165, 1.54) is 0 Å². The Balaban J connectivity index is 2.34. The van der Waals surface area contributed by atoms with Crippen LogP contribution in [0.3, 0.4) is 0 Å². The SMILES string of the molecule is O[C@H](C[NH+]1CC[NH+](C[C@H](O)C(F)(F)F)CC1)C(F)(F)F. The summed E-state index contributed by atoms with van der Waals surface area (Å²) < 4.78 is 72.9. The summed E-state index contributed by atoms with van der Waals surface area (Å²) in [6.45, 7) is -0.0859. The van der Waals surface area contributed by atoms with Gasteiger partial charge in [-0.3, -0.25) is 0 Å². The van der Waals surface area contributed by atoms with Crippen molar-refractivity contribution in [1.82, 2.24) is 0 Å². The molecule has 4 N–H and O–H groups in total. The van der Waals surface area contributed by atoms with Crippen molar-refractivity contribution in [2.75, 3.05) is 39.3 Å². The Kier molecular flexibility index (Phi) is 5.64. The van der Waals surface area contributed by atoms with E-state index in [-0.39, 0.29) is 26.2 Å². The van der Waals surface area contributed by atoms with Crippen LogP contribution in [0.5, 0.6) is 0 Å². The van der Waals surface area contributed by atoms with Crippen LogP contribution < -0.4 is 9.80 Å². The molecule has 1 rings (SSSR count). The largest absolute Gasteiger partial charge is 0.419 e. The van der Waals surface area contributed by atoms with Gasteiger partial charge in [-0.05, 0) is 0 Å². The highest BCUT2D eigenvalue weighted by atomic mass is 19.4. The topological polar surface area (TPSA) is 49.3 Å². The number of piperazine rings is 1. The summed E-state index contributed by atoms with van der Waals surface area (Å²) in [7, 11) is 0. The number of quaternary nitrogens is 2. The summed E-state index contributed by atoms with van der Waals surface area (Å²) in [5.41, 5.74) is 0. The van der Waals surface area contributed by atoms with Crippen LogP contribution >= 0.6 is 0 Å². The van der Waals surface area contributed by atoms with E-state index in [4.69, 9.17) is 10.2 Å². The van der Waals surface area contributed by atoms with E-state index in [1.807, 2.05) is 0 Å². The molecule has 0 amide bonds. The van der Waals surface area contributed by atoms with Crippen LogP contribution in [0.25, 0.3) is 0 Å². The molecular formula is C10H18F6N2O2+2. The quantitative estimate of drug-likeness (QED) is 0.438. The smallest absolute Gasteiger partial charge is 0.379 e. The van der Waals surface area contributed by atoms with Crippen molar-refractivity contribution in [2.24, 2.45) is 0 Å². The van der Waals surface area contributed by atoms with Gasteiger partial charge < -0.3 is 20.0 Å². The van der Waals surface area contributed by atoms with E-state index in [9.17, 15) is 26.3 Å². The van der Waals surface area contributed by atoms with Gasteiger partial charge in [0.2, 0.25) is 0 Å². The Morgan fingerprint density at radius 2 is 0.950 bits per heavy atom. The lowest BCUT2D eigenvalue weighted by Gasteiger charge is -2.32. The summed E-state index contributed by atoms with van der Waals surface area (Å²) in [5, 5.41) is 17.8. The molecule has 20 heavy (non-hydrogen) atoms. The van der Waals surface area contributed by atoms with Crippen LogP contribution in [-0.2, 0) is 0 Å². The third kappa shape index (κ3) is 5.43. The molecule has 1 aliphatic rings. The number of nitrogens with one attached hydrogen (secondary N) is 2. The van der Waals surface area contributed by atoms with E-state index in [1.54, 1.807) is 0 Å². The highest BCUT2D eigenvalue weighted by Crippen LogP contribution is 2.19. The Bertz CT molecular complexity index is 271. The van der Waals surface area contributed by atoms with Crippen LogP contribution in [0.1, 0.15) is 0 Å². The van der Waals surface area contributed by atoms with Crippen molar-refractivity contribution < 1.29 is 46.4 Å². The summed E-state index contributed by atoms with van der Waals surface area (Å²) in [6.07, 6.45) is -14.2. The minimum atomic E-state index is -4.68. The summed E-state index contributed by atoms with van der Waals surface area (Å²) in [6, 6.07) is 0. The van der Waals surface area contributed by atoms with Crippen LogP contribution in [0.15, 0.2) is 0 Å². The minimum absolute atomic E-state index is 0.229. The first-order valence-electron chi connectivity index (χ1n) is 6.17. The van der Waals surface area contributed by atoms with Gasteiger partial charge in [0.25, 0.3) is 0 Å². The van der Waals surface area contributed by atoms with Gasteiger partial charge in [0.15, 0.2) is 12.2 Å². The van der Waals surface area contributed by atoms with Crippen LogP contribution in [0.2, 0.25) is 0 Å². The van der Waals surface area contributed by atoms with Crippen molar-refractivity contribution in [1.29, 1.82) is 0 Å². The van der Waals surface area contributed by atoms with E-state index in [0.29, 0.717) is 9.80 Å². The maximum atomic E-state index is 12.2. The average molecular weight is 312 g/mol. The summed E-state index contributed by atoms with van der Waals surface area (Å²) >= 11 is 0. The highest BCUT2D eigenvalue weighted by molar-refractivity contribution is 4.64. The fourth-order valence-electron chi connectivity index (χ4n) is 2.14. The number of hydrogen-bond donors (Lipinski definition) is 4. The molecule has 0 aromatic rings. The Labute approximate surface area is 111 Å². The van der Waals surface area contributed by atoms with Gasteiger partial charge in [-0.25, -0.2) is 0 Å². The van der Waals surface area contributed by atoms with Crippen molar-refractivity contribution >= 4 is 0 Å². The van der Waals surface area contributed by atoms with Gasteiger partial charge in [0, 0.05) is 0 Å². The van der Waals surface area contributed by atoms with Crippen molar-refractivity contribution in [3.63, 3.8) is 0 Å². The van der Waals surface area contributed by atoms with Crippen LogP contribution in [0, 0.1) is 0 Å². The number of rotatable bonds is 4. The number of aliphatic hydroxyl groups excluding tert-OH is 2. The highest BCUT2D eigenvalue weighted by Gasteiger charge is 2.43. The predicted octanol–water partition coefficient (Wildman–Crippen LogP) is -2.38. The standard InChI is InChI=1S/C10H16F6N2O2/c11-9(12,13)7(19)5-17-1-2-18(4-3-17)6-8(20)10(14,15)16/h7-8,19-20H,1-6H2/p+2/t7-,8+. The predicted molar refractivity (Wildman–Crippen MR) is 55.3 cm³/mol. The Morgan fingerprint density at radius 1 is 0.700 bits per heavy atom. The first kappa shape index (κ1) is 17.5. The lowest BCUT2D eigenvalue weighted by molar-refractivity contribution is -1.02. The lowest BCUT2D eigenvalue weighted by Crippen LogP contribution is -3.29. The van der Waals surface area contributed by atoms with Crippen molar-refractivity contribution in [3.05, 3.63) is 0 Å². The second kappa shape index (κ2) is 6.46. The molecule has 0 radical (unpaired) electrons. The monoisotopic (exact) mass is 312 g/mol. The normalized spacial score (nSPS) is 28.2. The van der Waals surface area contributed by atoms with Gasteiger partial charge in [-0.2, -0.15) is 26.3 Å². The molecule has 10 heteroatoms. The molecule has 0 aliphatic carbocycles. The van der Waals surface area contributed by atoms with Crippen LogP contribution in [-0.4, -0.2) is 74.0 Å². The van der Waals surface area contributed by atoms with E-state index in [0.717, 1.165) is 0 Å². The zero-order valence-electron chi connectivity index (χ0n) is 10.6. The van der Waals surface area contributed by atoms with Gasteiger partial charge in [-0.15, -0.1) is 0 Å². The molecule has 1 heterocycles. The zero-order valence-corrected chi connectivity index (χ0v) is 10.6. The number of aliphatic hydroxyl groups is 2. The Hall–Kier alpha value is -0.580. The first-order valence-corrected chi connectivity index (χ1v) is 6.17. The summed E-state index contributed by atoms with van der Waals surface area (Å²) in [4.78, 5) is 1.00. The van der Waals surface area contributed by atoms with E-state index < -0.39 is 37.7 Å². The van der Waals surface area contributed by atoms with E-state index >= 15 is 0 Å². The molecule has 1 fully saturated rings. The maximum absolute atomic E-state index is 12.2. The number of halogens is 6. The van der Waals surface area contributed by atoms with E-state index in [2.05, 4.69) is 0 Å². The first-order chi connectivity index (χ1) is 9.00. The molecule has 4 nitrogen and oxygen atoms in total. The van der Waals surface area contributed by atoms with Crippen molar-refractivity contribution in [3.8, 4) is 0 Å². The third-order valence-electron chi connectivity index (χ3n) is 3.38.